The number of hydrogen-bond acceptors (Lipinski definition) is 5. The second-order valence-corrected chi connectivity index (χ2v) is 6.26. The van der Waals surface area contributed by atoms with Gasteiger partial charge in [-0.1, -0.05) is 11.6 Å². The van der Waals surface area contributed by atoms with Crippen LogP contribution in [0.4, 0.5) is 5.69 Å². The highest BCUT2D eigenvalue weighted by Gasteiger charge is 2.19. The zero-order valence-electron chi connectivity index (χ0n) is 10.8. The van der Waals surface area contributed by atoms with Gasteiger partial charge < -0.3 is 5.11 Å². The first kappa shape index (κ1) is 15.3. The first-order valence-electron chi connectivity index (χ1n) is 5.67. The molecular weight excluding hydrogens is 320 g/mol. The van der Waals surface area contributed by atoms with E-state index in [0.29, 0.717) is 0 Å². The predicted molar refractivity (Wildman–Crippen MR) is 74.7 cm³/mol. The van der Waals surface area contributed by atoms with Crippen molar-refractivity contribution in [2.75, 3.05) is 4.72 Å². The second-order valence-electron chi connectivity index (χ2n) is 4.22. The number of aromatic nitrogens is 3. The van der Waals surface area contributed by atoms with Gasteiger partial charge in [-0.05, 0) is 18.6 Å². The lowest BCUT2D eigenvalue weighted by atomic mass is 10.3. The molecule has 0 aromatic carbocycles. The normalized spacial score (nSPS) is 11.3. The van der Waals surface area contributed by atoms with Gasteiger partial charge in [-0.3, -0.25) is 14.2 Å². The van der Waals surface area contributed by atoms with E-state index in [-0.39, 0.29) is 15.7 Å². The minimum atomic E-state index is -3.92. The Hall–Kier alpha value is -2.13. The minimum absolute atomic E-state index is 0.0158. The molecule has 2 N–H and O–H groups in total. The van der Waals surface area contributed by atoms with Gasteiger partial charge in [0.05, 0.1) is 11.9 Å². The first-order chi connectivity index (χ1) is 9.78. The topological polar surface area (TPSA) is 114 Å². The lowest BCUT2D eigenvalue weighted by Crippen LogP contribution is -2.13. The van der Waals surface area contributed by atoms with Gasteiger partial charge >= 0.3 is 5.97 Å². The smallest absolute Gasteiger partial charge is 0.325 e. The number of nitrogens with one attached hydrogen (secondary N) is 1. The Morgan fingerprint density at radius 2 is 2.19 bits per heavy atom. The molecule has 0 aliphatic carbocycles. The van der Waals surface area contributed by atoms with Gasteiger partial charge in [-0.2, -0.15) is 5.10 Å². The SMILES string of the molecule is Cc1cnc(Cl)c(NS(=O)(=O)c2cnn(CC(=O)O)c2)c1. The predicted octanol–water partition coefficient (Wildman–Crippen LogP) is 1.13. The van der Waals surface area contributed by atoms with Crippen molar-refractivity contribution in [3.8, 4) is 0 Å². The number of anilines is 1. The summed E-state index contributed by atoms with van der Waals surface area (Å²) in [4.78, 5) is 14.2. The number of carboxylic acid groups (broad SMARTS) is 1. The van der Waals surface area contributed by atoms with E-state index in [9.17, 15) is 13.2 Å². The number of aliphatic carboxylic acids is 1. The first-order valence-corrected chi connectivity index (χ1v) is 7.53. The molecule has 2 aromatic rings. The molecule has 0 aliphatic rings. The molecule has 0 atom stereocenters. The third kappa shape index (κ3) is 3.70. The van der Waals surface area contributed by atoms with Gasteiger partial charge in [0.1, 0.15) is 11.4 Å². The summed E-state index contributed by atoms with van der Waals surface area (Å²) in [6.07, 6.45) is 3.68. The quantitative estimate of drug-likeness (QED) is 0.794. The van der Waals surface area contributed by atoms with Gasteiger partial charge in [-0.15, -0.1) is 0 Å². The maximum Gasteiger partial charge on any atom is 0.325 e. The third-order valence-corrected chi connectivity index (χ3v) is 4.06. The molecule has 2 aromatic heterocycles. The lowest BCUT2D eigenvalue weighted by Gasteiger charge is -2.08. The van der Waals surface area contributed by atoms with E-state index in [1.807, 2.05) is 0 Å². The van der Waals surface area contributed by atoms with Crippen LogP contribution in [0, 0.1) is 6.92 Å². The number of rotatable bonds is 5. The van der Waals surface area contributed by atoms with E-state index in [0.717, 1.165) is 22.6 Å². The van der Waals surface area contributed by atoms with E-state index in [4.69, 9.17) is 16.7 Å². The van der Waals surface area contributed by atoms with Crippen LogP contribution in [0.5, 0.6) is 0 Å². The summed E-state index contributed by atoms with van der Waals surface area (Å²) >= 11 is 5.83. The van der Waals surface area contributed by atoms with Crippen LogP contribution in [0.2, 0.25) is 5.15 Å². The van der Waals surface area contributed by atoms with Crippen molar-refractivity contribution in [2.24, 2.45) is 0 Å². The fourth-order valence-corrected chi connectivity index (χ4v) is 2.75. The standard InChI is InChI=1S/C11H11ClN4O4S/c1-7-2-9(11(12)13-3-7)15-21(19,20)8-4-14-16(5-8)6-10(17)18/h2-5,15H,6H2,1H3,(H,17,18). The Labute approximate surface area is 125 Å². The van der Waals surface area contributed by atoms with Crippen molar-refractivity contribution < 1.29 is 18.3 Å². The van der Waals surface area contributed by atoms with Crippen LogP contribution in [0.3, 0.4) is 0 Å². The van der Waals surface area contributed by atoms with Crippen LogP contribution in [0.1, 0.15) is 5.56 Å². The summed E-state index contributed by atoms with van der Waals surface area (Å²) in [6.45, 7) is 1.31. The van der Waals surface area contributed by atoms with Gasteiger partial charge in [-0.25, -0.2) is 13.4 Å². The molecular formula is C11H11ClN4O4S. The number of halogens is 1. The van der Waals surface area contributed by atoms with Crippen LogP contribution in [0.15, 0.2) is 29.6 Å². The highest BCUT2D eigenvalue weighted by atomic mass is 35.5. The molecule has 0 unspecified atom stereocenters. The highest BCUT2D eigenvalue weighted by molar-refractivity contribution is 7.92. The highest BCUT2D eigenvalue weighted by Crippen LogP contribution is 2.23. The lowest BCUT2D eigenvalue weighted by molar-refractivity contribution is -0.137. The number of aryl methyl sites for hydroxylation is 1. The van der Waals surface area contributed by atoms with E-state index in [1.54, 1.807) is 6.92 Å². The van der Waals surface area contributed by atoms with Crippen LogP contribution in [0.25, 0.3) is 0 Å². The Morgan fingerprint density at radius 3 is 2.86 bits per heavy atom. The van der Waals surface area contributed by atoms with Crippen molar-refractivity contribution in [2.45, 2.75) is 18.4 Å². The van der Waals surface area contributed by atoms with E-state index < -0.39 is 22.5 Å². The summed E-state index contributed by atoms with van der Waals surface area (Å²) < 4.78 is 27.6. The molecule has 0 radical (unpaired) electrons. The van der Waals surface area contributed by atoms with Gasteiger partial charge in [0, 0.05) is 12.4 Å². The maximum atomic E-state index is 12.2. The number of carboxylic acids is 1. The zero-order valence-corrected chi connectivity index (χ0v) is 12.4. The molecule has 0 spiro atoms. The number of pyridine rings is 1. The van der Waals surface area contributed by atoms with E-state index in [1.165, 1.54) is 12.3 Å². The van der Waals surface area contributed by atoms with Crippen LogP contribution in [-0.4, -0.2) is 34.3 Å². The van der Waals surface area contributed by atoms with Crippen LogP contribution < -0.4 is 4.72 Å². The molecule has 0 fully saturated rings. The summed E-state index contributed by atoms with van der Waals surface area (Å²) in [5.41, 5.74) is 0.876. The number of sulfonamides is 1. The number of carbonyl (C=O) groups is 1. The van der Waals surface area contributed by atoms with Crippen molar-refractivity contribution in [3.63, 3.8) is 0 Å². The second kappa shape index (κ2) is 5.70. The monoisotopic (exact) mass is 330 g/mol. The van der Waals surface area contributed by atoms with Crippen molar-refractivity contribution in [1.29, 1.82) is 0 Å². The molecule has 0 amide bonds. The molecule has 8 nitrogen and oxygen atoms in total. The fourth-order valence-electron chi connectivity index (χ4n) is 1.54. The van der Waals surface area contributed by atoms with E-state index in [2.05, 4.69) is 14.8 Å². The fraction of sp³-hybridized carbons (Fsp3) is 0.182. The molecule has 2 rings (SSSR count). The summed E-state index contributed by atoms with van der Waals surface area (Å²) in [5, 5.41) is 12.3. The molecule has 0 bridgehead atoms. The minimum Gasteiger partial charge on any atom is -0.480 e. The number of hydrogen-bond donors (Lipinski definition) is 2. The van der Waals surface area contributed by atoms with Crippen molar-refractivity contribution in [1.82, 2.24) is 14.8 Å². The largest absolute Gasteiger partial charge is 0.480 e. The molecule has 0 saturated carbocycles. The summed E-state index contributed by atoms with van der Waals surface area (Å²) in [5.74, 6) is -1.12. The summed E-state index contributed by atoms with van der Waals surface area (Å²) in [7, 11) is -3.92. The Balaban J connectivity index is 2.28. The molecule has 112 valence electrons. The average Bonchev–Trinajstić information content (AvgIpc) is 2.82. The number of nitrogens with zero attached hydrogens (tertiary/aromatic N) is 3. The van der Waals surface area contributed by atoms with Crippen LogP contribution in [-0.2, 0) is 21.4 Å². The molecule has 21 heavy (non-hydrogen) atoms. The molecule has 0 saturated heterocycles. The van der Waals surface area contributed by atoms with E-state index >= 15 is 0 Å². The zero-order chi connectivity index (χ0) is 15.6. The van der Waals surface area contributed by atoms with Gasteiger partial charge in [0.15, 0.2) is 5.15 Å². The van der Waals surface area contributed by atoms with Gasteiger partial charge in [0.25, 0.3) is 10.0 Å². The summed E-state index contributed by atoms with van der Waals surface area (Å²) in [6, 6.07) is 1.54. The third-order valence-electron chi connectivity index (χ3n) is 2.44. The molecule has 10 heteroatoms. The molecule has 0 aliphatic heterocycles. The van der Waals surface area contributed by atoms with Crippen LogP contribution >= 0.6 is 11.6 Å². The molecule has 2 heterocycles. The Morgan fingerprint density at radius 1 is 1.48 bits per heavy atom. The van der Waals surface area contributed by atoms with Gasteiger partial charge in [0.2, 0.25) is 0 Å². The van der Waals surface area contributed by atoms with Crippen molar-refractivity contribution >= 4 is 33.3 Å². The average molecular weight is 331 g/mol. The maximum absolute atomic E-state index is 12.2. The van der Waals surface area contributed by atoms with Crippen molar-refractivity contribution in [3.05, 3.63) is 35.4 Å². The Bertz CT molecular complexity index is 787. The Kier molecular flexibility index (Phi) is 4.14.